The van der Waals surface area contributed by atoms with Crippen LogP contribution < -0.4 is 5.73 Å². The van der Waals surface area contributed by atoms with Gasteiger partial charge in [0.15, 0.2) is 5.78 Å². The lowest BCUT2D eigenvalue weighted by atomic mass is 10.0. The van der Waals surface area contributed by atoms with Gasteiger partial charge >= 0.3 is 0 Å². The molecule has 2 nitrogen and oxygen atoms in total. The Balaban J connectivity index is 3.27. The molecule has 0 atom stereocenters. The van der Waals surface area contributed by atoms with Gasteiger partial charge in [0.2, 0.25) is 0 Å². The van der Waals surface area contributed by atoms with Gasteiger partial charge in [0, 0.05) is 11.3 Å². The van der Waals surface area contributed by atoms with Crippen LogP contribution in [0.4, 0.5) is 5.69 Å². The maximum atomic E-state index is 11.1. The molecule has 2 N–H and O–H groups in total. The number of nitrogens with two attached hydrogens (primary N) is 1. The Morgan fingerprint density at radius 3 is 2.58 bits per heavy atom. The summed E-state index contributed by atoms with van der Waals surface area (Å²) in [6.45, 7) is 3.56. The fraction of sp³-hybridized carbons (Fsp3) is 0.300. The van der Waals surface area contributed by atoms with Crippen LogP contribution in [0.2, 0.25) is 0 Å². The second kappa shape index (κ2) is 3.39. The highest BCUT2D eigenvalue weighted by Crippen LogP contribution is 2.17. The first-order valence-electron chi connectivity index (χ1n) is 4.05. The predicted octanol–water partition coefficient (Wildman–Crippen LogP) is 2.03. The lowest BCUT2D eigenvalue weighted by Crippen LogP contribution is -2.02. The molecule has 12 heavy (non-hydrogen) atoms. The number of nitrogen functional groups attached to an aromatic ring is 1. The minimum Gasteiger partial charge on any atom is -0.398 e. The summed E-state index contributed by atoms with van der Waals surface area (Å²) in [5.41, 5.74) is 8.14. The summed E-state index contributed by atoms with van der Waals surface area (Å²) >= 11 is 0. The molecule has 0 bridgehead atoms. The zero-order valence-electron chi connectivity index (χ0n) is 7.42. The van der Waals surface area contributed by atoms with Crippen LogP contribution in [-0.4, -0.2) is 5.78 Å². The van der Waals surface area contributed by atoms with Crippen LogP contribution in [0.5, 0.6) is 0 Å². The van der Waals surface area contributed by atoms with Gasteiger partial charge in [-0.3, -0.25) is 4.79 Å². The highest BCUT2D eigenvalue weighted by atomic mass is 16.1. The summed E-state index contributed by atoms with van der Waals surface area (Å²) in [4.78, 5) is 11.1. The summed E-state index contributed by atoms with van der Waals surface area (Å²) in [5.74, 6) is 0.0825. The molecule has 0 aromatic heterocycles. The van der Waals surface area contributed by atoms with Gasteiger partial charge in [-0.2, -0.15) is 0 Å². The average Bonchev–Trinajstić information content (AvgIpc) is 2.03. The van der Waals surface area contributed by atoms with Crippen molar-refractivity contribution >= 4 is 11.5 Å². The molecule has 0 aliphatic heterocycles. The molecule has 0 unspecified atom stereocenters. The van der Waals surface area contributed by atoms with Gasteiger partial charge in [-0.15, -0.1) is 0 Å². The van der Waals surface area contributed by atoms with Gasteiger partial charge in [-0.25, -0.2) is 0 Å². The zero-order chi connectivity index (χ0) is 9.14. The molecule has 1 aromatic rings. The molecule has 1 aromatic carbocycles. The largest absolute Gasteiger partial charge is 0.398 e. The molecule has 64 valence electrons. The van der Waals surface area contributed by atoms with E-state index < -0.39 is 0 Å². The van der Waals surface area contributed by atoms with Crippen molar-refractivity contribution in [2.24, 2.45) is 0 Å². The number of rotatable bonds is 2. The van der Waals surface area contributed by atoms with Crippen LogP contribution in [0.25, 0.3) is 0 Å². The van der Waals surface area contributed by atoms with Gasteiger partial charge in [-0.05, 0) is 25.0 Å². The first kappa shape index (κ1) is 8.78. The third-order valence-electron chi connectivity index (χ3n) is 1.95. The molecular formula is C10H13NO. The minimum absolute atomic E-state index is 0.0825. The fourth-order valence-electron chi connectivity index (χ4n) is 1.33. The molecule has 0 heterocycles. The van der Waals surface area contributed by atoms with Crippen LogP contribution in [0, 0.1) is 0 Å². The number of hydrogen-bond acceptors (Lipinski definition) is 2. The third kappa shape index (κ3) is 1.47. The van der Waals surface area contributed by atoms with Gasteiger partial charge in [-0.1, -0.05) is 19.1 Å². The standard InChI is InChI=1S/C10H13NO/c1-3-8-9(7(2)12)5-4-6-10(8)11/h4-6H,3,11H2,1-2H3. The van der Waals surface area contributed by atoms with Gasteiger partial charge < -0.3 is 5.73 Å². The normalized spacial score (nSPS) is 9.83. The van der Waals surface area contributed by atoms with Gasteiger partial charge in [0.05, 0.1) is 0 Å². The first-order chi connectivity index (χ1) is 5.66. The zero-order valence-corrected chi connectivity index (χ0v) is 7.42. The van der Waals surface area contributed by atoms with Crippen molar-refractivity contribution in [1.29, 1.82) is 0 Å². The van der Waals surface area contributed by atoms with Crippen molar-refractivity contribution in [3.63, 3.8) is 0 Å². The Hall–Kier alpha value is -1.31. The van der Waals surface area contributed by atoms with Crippen molar-refractivity contribution in [3.8, 4) is 0 Å². The lowest BCUT2D eigenvalue weighted by molar-refractivity contribution is 0.101. The monoisotopic (exact) mass is 163 g/mol. The molecule has 0 amide bonds. The summed E-state index contributed by atoms with van der Waals surface area (Å²) in [6.07, 6.45) is 0.807. The van der Waals surface area contributed by atoms with E-state index in [1.165, 1.54) is 0 Å². The Bertz CT molecular complexity index is 305. The molecular weight excluding hydrogens is 150 g/mol. The van der Waals surface area contributed by atoms with Crippen molar-refractivity contribution < 1.29 is 4.79 Å². The Morgan fingerprint density at radius 2 is 2.17 bits per heavy atom. The number of carbonyl (C=O) groups is 1. The van der Waals surface area contributed by atoms with E-state index in [1.54, 1.807) is 6.92 Å². The summed E-state index contributed by atoms with van der Waals surface area (Å²) < 4.78 is 0. The van der Waals surface area contributed by atoms with Crippen LogP contribution in [-0.2, 0) is 6.42 Å². The first-order valence-corrected chi connectivity index (χ1v) is 4.05. The Kier molecular flexibility index (Phi) is 2.48. The smallest absolute Gasteiger partial charge is 0.160 e. The van der Waals surface area contributed by atoms with Crippen LogP contribution >= 0.6 is 0 Å². The molecule has 0 radical (unpaired) electrons. The summed E-state index contributed by atoms with van der Waals surface area (Å²) in [6, 6.07) is 5.45. The van der Waals surface area contributed by atoms with E-state index in [9.17, 15) is 4.79 Å². The Morgan fingerprint density at radius 1 is 1.50 bits per heavy atom. The van der Waals surface area contributed by atoms with Crippen molar-refractivity contribution in [3.05, 3.63) is 29.3 Å². The average molecular weight is 163 g/mol. The number of ketones is 1. The van der Waals surface area contributed by atoms with E-state index in [2.05, 4.69) is 0 Å². The van der Waals surface area contributed by atoms with Crippen molar-refractivity contribution in [1.82, 2.24) is 0 Å². The van der Waals surface area contributed by atoms with E-state index in [-0.39, 0.29) is 5.78 Å². The topological polar surface area (TPSA) is 43.1 Å². The lowest BCUT2D eigenvalue weighted by Gasteiger charge is -2.06. The fourth-order valence-corrected chi connectivity index (χ4v) is 1.33. The van der Waals surface area contributed by atoms with E-state index in [4.69, 9.17) is 5.73 Å². The number of Topliss-reactive ketones (excluding diaryl/α,β-unsaturated/α-hetero) is 1. The molecule has 0 fully saturated rings. The van der Waals surface area contributed by atoms with Crippen molar-refractivity contribution in [2.75, 3.05) is 5.73 Å². The molecule has 2 heteroatoms. The summed E-state index contributed by atoms with van der Waals surface area (Å²) in [5, 5.41) is 0. The van der Waals surface area contributed by atoms with E-state index in [0.29, 0.717) is 5.69 Å². The highest BCUT2D eigenvalue weighted by Gasteiger charge is 2.06. The third-order valence-corrected chi connectivity index (χ3v) is 1.95. The van der Waals surface area contributed by atoms with Crippen LogP contribution in [0.1, 0.15) is 29.8 Å². The molecule has 0 saturated heterocycles. The molecule has 1 rings (SSSR count). The van der Waals surface area contributed by atoms with Crippen LogP contribution in [0.15, 0.2) is 18.2 Å². The predicted molar refractivity (Wildman–Crippen MR) is 50.2 cm³/mol. The second-order valence-corrected chi connectivity index (χ2v) is 2.78. The number of hydrogen-bond donors (Lipinski definition) is 1. The molecule has 0 aliphatic carbocycles. The van der Waals surface area contributed by atoms with Gasteiger partial charge in [0.1, 0.15) is 0 Å². The quantitative estimate of drug-likeness (QED) is 0.535. The van der Waals surface area contributed by atoms with Gasteiger partial charge in [0.25, 0.3) is 0 Å². The number of benzene rings is 1. The summed E-state index contributed by atoms with van der Waals surface area (Å²) in [7, 11) is 0. The number of carbonyl (C=O) groups excluding carboxylic acids is 1. The maximum Gasteiger partial charge on any atom is 0.160 e. The SMILES string of the molecule is CCc1c(N)cccc1C(C)=O. The number of anilines is 1. The highest BCUT2D eigenvalue weighted by molar-refractivity contribution is 5.96. The molecule has 0 spiro atoms. The minimum atomic E-state index is 0.0825. The van der Waals surface area contributed by atoms with E-state index in [1.807, 2.05) is 25.1 Å². The van der Waals surface area contributed by atoms with Crippen LogP contribution in [0.3, 0.4) is 0 Å². The van der Waals surface area contributed by atoms with E-state index >= 15 is 0 Å². The second-order valence-electron chi connectivity index (χ2n) is 2.78. The molecule has 0 saturated carbocycles. The van der Waals surface area contributed by atoms with Crippen molar-refractivity contribution in [2.45, 2.75) is 20.3 Å². The molecule has 0 aliphatic rings. The Labute approximate surface area is 72.4 Å². The maximum absolute atomic E-state index is 11.1. The van der Waals surface area contributed by atoms with E-state index in [0.717, 1.165) is 17.5 Å².